The van der Waals surface area contributed by atoms with Gasteiger partial charge in [-0.1, -0.05) is 41.4 Å². The zero-order valence-electron chi connectivity index (χ0n) is 15.6. The molecule has 0 unspecified atom stereocenters. The average molecular weight is 420 g/mol. The minimum absolute atomic E-state index is 0.0510. The molecule has 3 rings (SSSR count). The summed E-state index contributed by atoms with van der Waals surface area (Å²) in [5.41, 5.74) is 0.942. The molecule has 0 N–H and O–H groups in total. The largest absolute Gasteiger partial charge is 0.329 e. The molecule has 0 spiro atoms. The number of halogens is 3. The Morgan fingerprint density at radius 3 is 2.64 bits per heavy atom. The van der Waals surface area contributed by atoms with Crippen LogP contribution >= 0.6 is 23.2 Å². The molecular weight excluding hydrogens is 400 g/mol. The van der Waals surface area contributed by atoms with Gasteiger partial charge in [-0.2, -0.15) is 0 Å². The van der Waals surface area contributed by atoms with Gasteiger partial charge in [0.1, 0.15) is 11.6 Å². The number of aromatic nitrogens is 2. The fourth-order valence-electron chi connectivity index (χ4n) is 2.90. The fourth-order valence-corrected chi connectivity index (χ4v) is 3.37. The summed E-state index contributed by atoms with van der Waals surface area (Å²) in [7, 11) is 0. The lowest BCUT2D eigenvalue weighted by Gasteiger charge is -2.27. The van der Waals surface area contributed by atoms with E-state index in [1.807, 2.05) is 30.7 Å². The van der Waals surface area contributed by atoms with E-state index in [4.69, 9.17) is 23.2 Å². The van der Waals surface area contributed by atoms with Crippen molar-refractivity contribution in [2.24, 2.45) is 0 Å². The zero-order valence-corrected chi connectivity index (χ0v) is 17.1. The van der Waals surface area contributed by atoms with Crippen LogP contribution in [0.5, 0.6) is 0 Å². The van der Waals surface area contributed by atoms with Crippen LogP contribution in [0.4, 0.5) is 4.39 Å². The molecule has 0 saturated heterocycles. The number of hydrogen-bond acceptors (Lipinski definition) is 2. The number of benzene rings is 2. The minimum Gasteiger partial charge on any atom is -0.329 e. The van der Waals surface area contributed by atoms with Gasteiger partial charge in [-0.15, -0.1) is 0 Å². The van der Waals surface area contributed by atoms with E-state index < -0.39 is 5.82 Å². The number of nitrogens with zero attached hydrogens (tertiary/aromatic N) is 3. The maximum atomic E-state index is 14.1. The van der Waals surface area contributed by atoms with Gasteiger partial charge >= 0.3 is 0 Å². The van der Waals surface area contributed by atoms with Gasteiger partial charge in [-0.25, -0.2) is 9.37 Å². The van der Waals surface area contributed by atoms with Crippen molar-refractivity contribution < 1.29 is 9.18 Å². The predicted molar refractivity (Wildman–Crippen MR) is 109 cm³/mol. The highest BCUT2D eigenvalue weighted by Gasteiger charge is 2.23. The lowest BCUT2D eigenvalue weighted by molar-refractivity contribution is 0.0678. The van der Waals surface area contributed by atoms with E-state index in [1.165, 1.54) is 12.1 Å². The summed E-state index contributed by atoms with van der Waals surface area (Å²) in [6.45, 7) is 4.53. The van der Waals surface area contributed by atoms with E-state index in [0.717, 1.165) is 5.56 Å². The van der Waals surface area contributed by atoms with Crippen molar-refractivity contribution in [1.82, 2.24) is 14.5 Å². The maximum absolute atomic E-state index is 14.1. The van der Waals surface area contributed by atoms with Crippen LogP contribution in [0, 0.1) is 5.82 Å². The SMILES string of the molecule is CC(C)N(Cc1nccn1Cc1ccc(Cl)cc1Cl)C(=O)c1ccccc1F. The molecule has 0 fully saturated rings. The molecule has 0 aliphatic carbocycles. The molecular formula is C21H20Cl2FN3O. The van der Waals surface area contributed by atoms with E-state index >= 15 is 0 Å². The Labute approximate surface area is 173 Å². The smallest absolute Gasteiger partial charge is 0.257 e. The van der Waals surface area contributed by atoms with E-state index in [0.29, 0.717) is 22.4 Å². The van der Waals surface area contributed by atoms with Crippen LogP contribution in [0.2, 0.25) is 10.0 Å². The summed E-state index contributed by atoms with van der Waals surface area (Å²) in [5, 5.41) is 1.14. The van der Waals surface area contributed by atoms with Crippen LogP contribution in [0.25, 0.3) is 0 Å². The number of rotatable bonds is 6. The highest BCUT2D eigenvalue weighted by Crippen LogP contribution is 2.23. The summed E-state index contributed by atoms with van der Waals surface area (Å²) >= 11 is 12.2. The van der Waals surface area contributed by atoms with Crippen molar-refractivity contribution in [1.29, 1.82) is 0 Å². The van der Waals surface area contributed by atoms with E-state index in [9.17, 15) is 9.18 Å². The fraction of sp³-hybridized carbons (Fsp3) is 0.238. The van der Waals surface area contributed by atoms with Gasteiger partial charge in [0.05, 0.1) is 18.7 Å². The Bertz CT molecular complexity index is 987. The highest BCUT2D eigenvalue weighted by molar-refractivity contribution is 6.35. The van der Waals surface area contributed by atoms with Crippen LogP contribution in [0.3, 0.4) is 0 Å². The Morgan fingerprint density at radius 2 is 1.96 bits per heavy atom. The van der Waals surface area contributed by atoms with Gasteiger partial charge in [0.25, 0.3) is 5.91 Å². The predicted octanol–water partition coefficient (Wildman–Crippen LogP) is 5.43. The summed E-state index contributed by atoms with van der Waals surface area (Å²) in [6.07, 6.45) is 3.50. The third kappa shape index (κ3) is 4.54. The molecule has 146 valence electrons. The first-order valence-corrected chi connectivity index (χ1v) is 9.62. The normalized spacial score (nSPS) is 11.1. The van der Waals surface area contributed by atoms with Gasteiger partial charge in [0, 0.05) is 28.5 Å². The van der Waals surface area contributed by atoms with Gasteiger partial charge in [0.15, 0.2) is 0 Å². The van der Waals surface area contributed by atoms with Crippen molar-refractivity contribution in [3.63, 3.8) is 0 Å². The molecule has 4 nitrogen and oxygen atoms in total. The maximum Gasteiger partial charge on any atom is 0.257 e. The van der Waals surface area contributed by atoms with Gasteiger partial charge in [-0.05, 0) is 43.7 Å². The van der Waals surface area contributed by atoms with Crippen LogP contribution in [0.1, 0.15) is 35.6 Å². The average Bonchev–Trinajstić information content (AvgIpc) is 3.08. The molecule has 1 amide bonds. The van der Waals surface area contributed by atoms with Crippen molar-refractivity contribution in [2.75, 3.05) is 0 Å². The van der Waals surface area contributed by atoms with Gasteiger partial charge < -0.3 is 9.47 Å². The molecule has 0 aliphatic rings. The molecule has 0 aliphatic heterocycles. The second kappa shape index (κ2) is 8.76. The third-order valence-electron chi connectivity index (χ3n) is 4.46. The molecule has 0 saturated carbocycles. The zero-order chi connectivity index (χ0) is 20.3. The van der Waals surface area contributed by atoms with Crippen LogP contribution < -0.4 is 0 Å². The Balaban J connectivity index is 1.84. The molecule has 0 atom stereocenters. The molecule has 2 aromatic carbocycles. The summed E-state index contributed by atoms with van der Waals surface area (Å²) < 4.78 is 16.0. The number of carbonyl (C=O) groups is 1. The quantitative estimate of drug-likeness (QED) is 0.534. The Morgan fingerprint density at radius 1 is 1.21 bits per heavy atom. The Hall–Kier alpha value is -2.37. The van der Waals surface area contributed by atoms with Crippen LogP contribution in [-0.2, 0) is 13.1 Å². The first-order chi connectivity index (χ1) is 13.4. The topological polar surface area (TPSA) is 38.1 Å². The molecule has 7 heteroatoms. The monoisotopic (exact) mass is 419 g/mol. The standard InChI is InChI=1S/C21H20Cl2FN3O/c1-14(2)27(21(28)17-5-3-4-6-19(17)24)13-20-25-9-10-26(20)12-15-7-8-16(22)11-18(15)23/h3-11,14H,12-13H2,1-2H3. The summed E-state index contributed by atoms with van der Waals surface area (Å²) in [4.78, 5) is 18.9. The van der Waals surface area contributed by atoms with Gasteiger partial charge in [0.2, 0.25) is 0 Å². The molecule has 28 heavy (non-hydrogen) atoms. The van der Waals surface area contributed by atoms with Crippen molar-refractivity contribution in [2.45, 2.75) is 33.0 Å². The van der Waals surface area contributed by atoms with Crippen LogP contribution in [0.15, 0.2) is 54.9 Å². The van der Waals surface area contributed by atoms with E-state index in [-0.39, 0.29) is 24.1 Å². The first-order valence-electron chi connectivity index (χ1n) is 8.86. The second-order valence-electron chi connectivity index (χ2n) is 6.71. The van der Waals surface area contributed by atoms with Gasteiger partial charge in [-0.3, -0.25) is 4.79 Å². The van der Waals surface area contributed by atoms with Crippen molar-refractivity contribution in [3.8, 4) is 0 Å². The lowest BCUT2D eigenvalue weighted by Crippen LogP contribution is -2.37. The highest BCUT2D eigenvalue weighted by atomic mass is 35.5. The minimum atomic E-state index is -0.533. The number of amides is 1. The Kier molecular flexibility index (Phi) is 6.37. The molecule has 3 aromatic rings. The number of carbonyl (C=O) groups excluding carboxylic acids is 1. The molecule has 1 heterocycles. The third-order valence-corrected chi connectivity index (χ3v) is 5.04. The van der Waals surface area contributed by atoms with E-state index in [2.05, 4.69) is 4.98 Å². The van der Waals surface area contributed by atoms with Crippen molar-refractivity contribution in [3.05, 3.63) is 87.7 Å². The molecule has 0 bridgehead atoms. The molecule has 1 aromatic heterocycles. The molecule has 0 radical (unpaired) electrons. The van der Waals surface area contributed by atoms with Crippen LogP contribution in [-0.4, -0.2) is 26.4 Å². The van der Waals surface area contributed by atoms with Crippen molar-refractivity contribution >= 4 is 29.1 Å². The lowest BCUT2D eigenvalue weighted by atomic mass is 10.1. The second-order valence-corrected chi connectivity index (χ2v) is 7.56. The number of imidazole rings is 1. The number of hydrogen-bond donors (Lipinski definition) is 0. The van der Waals surface area contributed by atoms with E-state index in [1.54, 1.807) is 35.4 Å². The first kappa shape index (κ1) is 20.4. The summed E-state index contributed by atoms with van der Waals surface area (Å²) in [6, 6.07) is 11.2. The summed E-state index contributed by atoms with van der Waals surface area (Å²) in [5.74, 6) is -0.217.